The van der Waals surface area contributed by atoms with E-state index in [1.165, 1.54) is 33.5 Å². The molecule has 1 heterocycles. The topological polar surface area (TPSA) is 117 Å². The maximum absolute atomic E-state index is 12.5. The summed E-state index contributed by atoms with van der Waals surface area (Å²) in [5, 5.41) is 6.53. The molecule has 0 aliphatic carbocycles. The number of rotatable bonds is 9. The van der Waals surface area contributed by atoms with Crippen LogP contribution in [0.5, 0.6) is 28.7 Å². The van der Waals surface area contributed by atoms with Crippen LogP contribution in [0.4, 0.5) is 0 Å². The Kier molecular flexibility index (Phi) is 7.74. The van der Waals surface area contributed by atoms with Gasteiger partial charge in [-0.1, -0.05) is 12.1 Å². The largest absolute Gasteiger partial charge is 0.493 e. The highest BCUT2D eigenvalue weighted by atomic mass is 16.7. The molecule has 10 nitrogen and oxygen atoms in total. The number of hydrazone groups is 1. The van der Waals surface area contributed by atoms with Gasteiger partial charge in [-0.25, -0.2) is 5.43 Å². The molecule has 0 aromatic heterocycles. The van der Waals surface area contributed by atoms with Crippen molar-refractivity contribution in [2.24, 2.45) is 5.10 Å². The van der Waals surface area contributed by atoms with Crippen LogP contribution < -0.4 is 34.4 Å². The van der Waals surface area contributed by atoms with Gasteiger partial charge in [0.05, 0.1) is 33.6 Å². The van der Waals surface area contributed by atoms with E-state index < -0.39 is 11.8 Å². The van der Waals surface area contributed by atoms with Crippen LogP contribution in [0.2, 0.25) is 0 Å². The zero-order chi connectivity index (χ0) is 23.8. The summed E-state index contributed by atoms with van der Waals surface area (Å²) in [7, 11) is 4.37. The minimum absolute atomic E-state index is 0.213. The lowest BCUT2D eigenvalue weighted by atomic mass is 10.1. The van der Waals surface area contributed by atoms with E-state index in [2.05, 4.69) is 15.8 Å². The number of allylic oxidation sites excluding steroid dienone is 1. The van der Waals surface area contributed by atoms with Crippen molar-refractivity contribution in [2.45, 2.75) is 6.92 Å². The summed E-state index contributed by atoms with van der Waals surface area (Å²) >= 11 is 0. The quantitative estimate of drug-likeness (QED) is 0.440. The number of carbonyl (C=O) groups is 2. The van der Waals surface area contributed by atoms with Gasteiger partial charge in [-0.2, -0.15) is 5.10 Å². The van der Waals surface area contributed by atoms with Gasteiger partial charge < -0.3 is 29.0 Å². The summed E-state index contributed by atoms with van der Waals surface area (Å²) in [5.74, 6) is 1.47. The van der Waals surface area contributed by atoms with Crippen LogP contribution in [0, 0.1) is 0 Å². The number of ether oxygens (including phenoxy) is 5. The summed E-state index contributed by atoms with van der Waals surface area (Å²) in [6.45, 7) is 1.68. The first-order chi connectivity index (χ1) is 15.9. The molecule has 0 radical (unpaired) electrons. The standard InChI is InChI=1S/C23H25N3O7/c1-14(5-6-15-7-8-17-18(9-15)33-13-32-17)25-26-21(27)12-24-23(28)16-10-19(29-2)22(31-4)20(11-16)30-3/h5-11H,12-13H2,1-4H3,(H,24,28)(H,26,27)/b6-5+,25-14+. The summed E-state index contributed by atoms with van der Waals surface area (Å²) in [4.78, 5) is 24.5. The van der Waals surface area contributed by atoms with E-state index in [0.717, 1.165) is 5.56 Å². The van der Waals surface area contributed by atoms with Gasteiger partial charge in [-0.15, -0.1) is 0 Å². The second-order valence-corrected chi connectivity index (χ2v) is 6.83. The lowest BCUT2D eigenvalue weighted by Gasteiger charge is -2.14. The normalized spacial score (nSPS) is 12.4. The van der Waals surface area contributed by atoms with Crippen LogP contribution in [-0.2, 0) is 4.79 Å². The molecule has 10 heteroatoms. The summed E-state index contributed by atoms with van der Waals surface area (Å²) in [6, 6.07) is 8.56. The fourth-order valence-electron chi connectivity index (χ4n) is 2.94. The first kappa shape index (κ1) is 23.5. The van der Waals surface area contributed by atoms with Crippen molar-refractivity contribution in [2.75, 3.05) is 34.7 Å². The first-order valence-corrected chi connectivity index (χ1v) is 9.94. The number of hydrogen-bond donors (Lipinski definition) is 2. The maximum Gasteiger partial charge on any atom is 0.259 e. The van der Waals surface area contributed by atoms with Gasteiger partial charge in [0.15, 0.2) is 23.0 Å². The molecule has 2 N–H and O–H groups in total. The lowest BCUT2D eigenvalue weighted by molar-refractivity contribution is -0.120. The number of benzene rings is 2. The molecule has 0 bridgehead atoms. The molecule has 2 aromatic carbocycles. The molecule has 3 rings (SSSR count). The highest BCUT2D eigenvalue weighted by Crippen LogP contribution is 2.38. The molecule has 1 aliphatic rings. The zero-order valence-electron chi connectivity index (χ0n) is 18.8. The highest BCUT2D eigenvalue weighted by molar-refractivity contribution is 5.99. The molecule has 0 atom stereocenters. The minimum Gasteiger partial charge on any atom is -0.493 e. The van der Waals surface area contributed by atoms with Crippen molar-refractivity contribution >= 4 is 23.6 Å². The van der Waals surface area contributed by atoms with E-state index in [-0.39, 0.29) is 18.9 Å². The van der Waals surface area contributed by atoms with Crippen molar-refractivity contribution in [1.29, 1.82) is 0 Å². The Hall–Kier alpha value is -4.21. The van der Waals surface area contributed by atoms with Gasteiger partial charge >= 0.3 is 0 Å². The lowest BCUT2D eigenvalue weighted by Crippen LogP contribution is -2.35. The number of nitrogens with zero attached hydrogens (tertiary/aromatic N) is 1. The zero-order valence-corrected chi connectivity index (χ0v) is 18.8. The Morgan fingerprint density at radius 3 is 2.39 bits per heavy atom. The Balaban J connectivity index is 1.53. The molecule has 174 valence electrons. The average Bonchev–Trinajstić information content (AvgIpc) is 3.31. The second kappa shape index (κ2) is 10.9. The van der Waals surface area contributed by atoms with Crippen LogP contribution >= 0.6 is 0 Å². The predicted octanol–water partition coefficient (Wildman–Crippen LogP) is 2.38. The maximum atomic E-state index is 12.5. The Morgan fingerprint density at radius 1 is 1.03 bits per heavy atom. The Bertz CT molecular complexity index is 1070. The van der Waals surface area contributed by atoms with Crippen LogP contribution in [0.1, 0.15) is 22.8 Å². The molecule has 0 spiro atoms. The van der Waals surface area contributed by atoms with E-state index >= 15 is 0 Å². The first-order valence-electron chi connectivity index (χ1n) is 9.94. The van der Waals surface area contributed by atoms with Crippen molar-refractivity contribution in [3.05, 3.63) is 47.5 Å². The van der Waals surface area contributed by atoms with E-state index in [0.29, 0.717) is 34.5 Å². The molecule has 33 heavy (non-hydrogen) atoms. The van der Waals surface area contributed by atoms with Crippen LogP contribution in [-0.4, -0.2) is 52.2 Å². The number of hydrogen-bond acceptors (Lipinski definition) is 8. The Morgan fingerprint density at radius 2 is 1.73 bits per heavy atom. The van der Waals surface area contributed by atoms with Gasteiger partial charge in [0.2, 0.25) is 12.5 Å². The van der Waals surface area contributed by atoms with Gasteiger partial charge in [-0.05, 0) is 42.8 Å². The number of amides is 2. The number of nitrogens with one attached hydrogen (secondary N) is 2. The van der Waals surface area contributed by atoms with E-state index in [1.54, 1.807) is 13.0 Å². The monoisotopic (exact) mass is 455 g/mol. The molecule has 0 saturated heterocycles. The van der Waals surface area contributed by atoms with Crippen LogP contribution in [0.25, 0.3) is 6.08 Å². The molecular weight excluding hydrogens is 430 g/mol. The molecule has 0 saturated carbocycles. The van der Waals surface area contributed by atoms with Crippen molar-refractivity contribution < 1.29 is 33.3 Å². The van der Waals surface area contributed by atoms with Gasteiger partial charge in [0.25, 0.3) is 11.8 Å². The van der Waals surface area contributed by atoms with Crippen LogP contribution in [0.15, 0.2) is 41.5 Å². The summed E-state index contributed by atoms with van der Waals surface area (Å²) in [5.41, 5.74) is 4.12. The number of fused-ring (bicyclic) bond motifs is 1. The second-order valence-electron chi connectivity index (χ2n) is 6.83. The third-order valence-electron chi connectivity index (χ3n) is 4.61. The molecule has 0 fully saturated rings. The third-order valence-corrected chi connectivity index (χ3v) is 4.61. The van der Waals surface area contributed by atoms with E-state index in [4.69, 9.17) is 23.7 Å². The van der Waals surface area contributed by atoms with Gasteiger partial charge in [0.1, 0.15) is 0 Å². The number of methoxy groups -OCH3 is 3. The van der Waals surface area contributed by atoms with Crippen LogP contribution in [0.3, 0.4) is 0 Å². The molecular formula is C23H25N3O7. The fraction of sp³-hybridized carbons (Fsp3) is 0.261. The van der Waals surface area contributed by atoms with E-state index in [9.17, 15) is 9.59 Å². The third kappa shape index (κ3) is 5.94. The molecule has 2 amide bonds. The number of carbonyl (C=O) groups excluding carboxylic acids is 2. The minimum atomic E-state index is -0.480. The summed E-state index contributed by atoms with van der Waals surface area (Å²) in [6.07, 6.45) is 3.57. The average molecular weight is 455 g/mol. The highest BCUT2D eigenvalue weighted by Gasteiger charge is 2.17. The van der Waals surface area contributed by atoms with Crippen molar-refractivity contribution in [1.82, 2.24) is 10.7 Å². The van der Waals surface area contributed by atoms with Crippen molar-refractivity contribution in [3.8, 4) is 28.7 Å². The SMILES string of the molecule is COc1cc(C(=O)NCC(=O)N/N=C(C)/C=C/c2ccc3c(c2)OCO3)cc(OC)c1OC. The molecule has 2 aromatic rings. The van der Waals surface area contributed by atoms with Crippen molar-refractivity contribution in [3.63, 3.8) is 0 Å². The molecule has 0 unspecified atom stereocenters. The fourth-order valence-corrected chi connectivity index (χ4v) is 2.94. The predicted molar refractivity (Wildman–Crippen MR) is 121 cm³/mol. The summed E-state index contributed by atoms with van der Waals surface area (Å²) < 4.78 is 26.3. The molecule has 1 aliphatic heterocycles. The van der Waals surface area contributed by atoms with E-state index in [1.807, 2.05) is 24.3 Å². The smallest absolute Gasteiger partial charge is 0.259 e. The van der Waals surface area contributed by atoms with Gasteiger partial charge in [-0.3, -0.25) is 9.59 Å². The van der Waals surface area contributed by atoms with Gasteiger partial charge in [0, 0.05) is 5.56 Å². The Labute approximate surface area is 191 Å².